The zero-order valence-corrected chi connectivity index (χ0v) is 10.6. The summed E-state index contributed by atoms with van der Waals surface area (Å²) in [6.07, 6.45) is 0. The molecule has 0 aliphatic rings. The van der Waals surface area contributed by atoms with Crippen molar-refractivity contribution in [2.24, 2.45) is 5.73 Å². The third-order valence-electron chi connectivity index (χ3n) is 2.15. The van der Waals surface area contributed by atoms with E-state index in [2.05, 4.69) is 20.4 Å². The van der Waals surface area contributed by atoms with Crippen molar-refractivity contribution in [3.63, 3.8) is 0 Å². The van der Waals surface area contributed by atoms with Gasteiger partial charge < -0.3 is 14.7 Å². The number of aryl methyl sites for hydroxylation is 2. The molecule has 0 saturated heterocycles. The summed E-state index contributed by atoms with van der Waals surface area (Å²) in [5, 5.41) is 16.6. The van der Waals surface area contributed by atoms with Gasteiger partial charge in [0.05, 0.1) is 5.75 Å². The minimum Gasteiger partial charge on any atom is -0.425 e. The van der Waals surface area contributed by atoms with Crippen molar-refractivity contribution in [1.29, 1.82) is 0 Å². The Labute approximate surface area is 103 Å². The van der Waals surface area contributed by atoms with Crippen LogP contribution in [0.2, 0.25) is 0 Å². The fourth-order valence-corrected chi connectivity index (χ4v) is 2.22. The standard InChI is InChI=1S/C9H14N6OS/c1-6-11-14-9(15(6)4-3-10)17-5-8-13-12-7(2)16-8/h3-5,10H2,1-2H3. The highest BCUT2D eigenvalue weighted by molar-refractivity contribution is 7.98. The Morgan fingerprint density at radius 2 is 2.06 bits per heavy atom. The van der Waals surface area contributed by atoms with Crippen molar-refractivity contribution in [2.75, 3.05) is 6.54 Å². The summed E-state index contributed by atoms with van der Waals surface area (Å²) in [4.78, 5) is 0. The van der Waals surface area contributed by atoms with E-state index in [4.69, 9.17) is 10.2 Å². The second kappa shape index (κ2) is 5.28. The number of thioether (sulfide) groups is 1. The Morgan fingerprint density at radius 1 is 1.24 bits per heavy atom. The lowest BCUT2D eigenvalue weighted by atomic mass is 10.6. The maximum Gasteiger partial charge on any atom is 0.226 e. The Balaban J connectivity index is 2.03. The van der Waals surface area contributed by atoms with Crippen LogP contribution in [0.5, 0.6) is 0 Å². The molecule has 2 N–H and O–H groups in total. The molecule has 0 aliphatic heterocycles. The molecule has 0 aromatic carbocycles. The maximum atomic E-state index is 5.54. The van der Waals surface area contributed by atoms with Gasteiger partial charge in [-0.05, 0) is 6.92 Å². The minimum atomic E-state index is 0.562. The largest absolute Gasteiger partial charge is 0.425 e. The van der Waals surface area contributed by atoms with Crippen LogP contribution in [0.25, 0.3) is 0 Å². The average molecular weight is 254 g/mol. The summed E-state index contributed by atoms with van der Waals surface area (Å²) in [5.41, 5.74) is 5.54. The molecule has 0 saturated carbocycles. The predicted octanol–water partition coefficient (Wildman–Crippen LogP) is 0.529. The van der Waals surface area contributed by atoms with Crippen LogP contribution in [0.1, 0.15) is 17.6 Å². The molecular weight excluding hydrogens is 240 g/mol. The number of aromatic nitrogens is 5. The van der Waals surface area contributed by atoms with Crippen LogP contribution in [-0.4, -0.2) is 31.5 Å². The predicted molar refractivity (Wildman–Crippen MR) is 62.4 cm³/mol. The minimum absolute atomic E-state index is 0.562. The van der Waals surface area contributed by atoms with Crippen molar-refractivity contribution in [2.45, 2.75) is 31.3 Å². The highest BCUT2D eigenvalue weighted by Crippen LogP contribution is 2.20. The van der Waals surface area contributed by atoms with Gasteiger partial charge in [-0.3, -0.25) is 0 Å². The van der Waals surface area contributed by atoms with Gasteiger partial charge in [-0.2, -0.15) is 0 Å². The van der Waals surface area contributed by atoms with Gasteiger partial charge in [-0.25, -0.2) is 0 Å². The summed E-state index contributed by atoms with van der Waals surface area (Å²) in [7, 11) is 0. The molecule has 0 unspecified atom stereocenters. The van der Waals surface area contributed by atoms with Crippen molar-refractivity contribution in [1.82, 2.24) is 25.0 Å². The van der Waals surface area contributed by atoms with Gasteiger partial charge in [-0.1, -0.05) is 11.8 Å². The Kier molecular flexibility index (Phi) is 3.75. The lowest BCUT2D eigenvalue weighted by molar-refractivity contribution is 0.485. The number of rotatable bonds is 5. The summed E-state index contributed by atoms with van der Waals surface area (Å²) in [6, 6.07) is 0. The topological polar surface area (TPSA) is 95.7 Å². The highest BCUT2D eigenvalue weighted by Gasteiger charge is 2.10. The molecule has 17 heavy (non-hydrogen) atoms. The Bertz CT molecular complexity index is 493. The molecular formula is C9H14N6OS. The first kappa shape index (κ1) is 12.1. The third-order valence-corrected chi connectivity index (χ3v) is 3.10. The fourth-order valence-electron chi connectivity index (χ4n) is 1.38. The molecule has 0 fully saturated rings. The van der Waals surface area contributed by atoms with E-state index in [1.165, 1.54) is 11.8 Å². The maximum absolute atomic E-state index is 5.54. The van der Waals surface area contributed by atoms with Gasteiger partial charge in [0, 0.05) is 20.0 Å². The molecule has 2 aromatic heterocycles. The van der Waals surface area contributed by atoms with E-state index in [-0.39, 0.29) is 0 Å². The quantitative estimate of drug-likeness (QED) is 0.777. The van der Waals surface area contributed by atoms with Crippen molar-refractivity contribution in [3.8, 4) is 0 Å². The zero-order chi connectivity index (χ0) is 12.3. The molecule has 0 aliphatic carbocycles. The van der Waals surface area contributed by atoms with Crippen LogP contribution >= 0.6 is 11.8 Å². The van der Waals surface area contributed by atoms with Gasteiger partial charge in [0.2, 0.25) is 11.8 Å². The average Bonchev–Trinajstić information content (AvgIpc) is 2.86. The molecule has 2 heterocycles. The second-order valence-corrected chi connectivity index (χ2v) is 4.42. The third kappa shape index (κ3) is 2.83. The molecule has 0 atom stereocenters. The first-order chi connectivity index (χ1) is 8.20. The van der Waals surface area contributed by atoms with E-state index in [0.717, 1.165) is 11.0 Å². The number of hydrogen-bond acceptors (Lipinski definition) is 7. The number of nitrogens with zero attached hydrogens (tertiary/aromatic N) is 5. The first-order valence-electron chi connectivity index (χ1n) is 5.22. The molecule has 2 rings (SSSR count). The SMILES string of the molecule is Cc1nnc(CSc2nnc(C)n2CCN)o1. The van der Waals surface area contributed by atoms with Crippen molar-refractivity contribution >= 4 is 11.8 Å². The summed E-state index contributed by atoms with van der Waals surface area (Å²) in [6.45, 7) is 4.95. The molecule has 0 bridgehead atoms. The lowest BCUT2D eigenvalue weighted by Crippen LogP contribution is -2.12. The van der Waals surface area contributed by atoms with Crippen LogP contribution in [-0.2, 0) is 12.3 Å². The van der Waals surface area contributed by atoms with Crippen LogP contribution in [0.15, 0.2) is 9.57 Å². The fraction of sp³-hybridized carbons (Fsp3) is 0.556. The molecule has 8 heteroatoms. The van der Waals surface area contributed by atoms with E-state index >= 15 is 0 Å². The van der Waals surface area contributed by atoms with E-state index in [1.54, 1.807) is 6.92 Å². The first-order valence-corrected chi connectivity index (χ1v) is 6.21. The zero-order valence-electron chi connectivity index (χ0n) is 9.75. The van der Waals surface area contributed by atoms with Gasteiger partial charge in [-0.15, -0.1) is 20.4 Å². The van der Waals surface area contributed by atoms with Crippen LogP contribution < -0.4 is 5.73 Å². The highest BCUT2D eigenvalue weighted by atomic mass is 32.2. The normalized spacial score (nSPS) is 11.0. The molecule has 0 spiro atoms. The van der Waals surface area contributed by atoms with E-state index in [0.29, 0.717) is 30.6 Å². The molecule has 7 nitrogen and oxygen atoms in total. The molecule has 0 radical (unpaired) electrons. The molecule has 92 valence electrons. The molecule has 0 amide bonds. The molecule has 2 aromatic rings. The van der Waals surface area contributed by atoms with Crippen molar-refractivity contribution in [3.05, 3.63) is 17.6 Å². The summed E-state index contributed by atoms with van der Waals surface area (Å²) in [5.74, 6) is 2.61. The Hall–Kier alpha value is -1.41. The smallest absolute Gasteiger partial charge is 0.226 e. The van der Waals surface area contributed by atoms with Crippen molar-refractivity contribution < 1.29 is 4.42 Å². The monoisotopic (exact) mass is 254 g/mol. The van der Waals surface area contributed by atoms with Crippen LogP contribution in [0.4, 0.5) is 0 Å². The van der Waals surface area contributed by atoms with Gasteiger partial charge in [0.15, 0.2) is 5.16 Å². The van der Waals surface area contributed by atoms with Crippen LogP contribution in [0, 0.1) is 13.8 Å². The van der Waals surface area contributed by atoms with Gasteiger partial charge >= 0.3 is 0 Å². The Morgan fingerprint density at radius 3 is 2.71 bits per heavy atom. The summed E-state index contributed by atoms with van der Waals surface area (Å²) >= 11 is 1.51. The van der Waals surface area contributed by atoms with E-state index < -0.39 is 0 Å². The van der Waals surface area contributed by atoms with Gasteiger partial charge in [0.1, 0.15) is 5.82 Å². The van der Waals surface area contributed by atoms with Gasteiger partial charge in [0.25, 0.3) is 0 Å². The van der Waals surface area contributed by atoms with E-state index in [9.17, 15) is 0 Å². The summed E-state index contributed by atoms with van der Waals surface area (Å²) < 4.78 is 7.27. The lowest BCUT2D eigenvalue weighted by Gasteiger charge is -2.04. The van der Waals surface area contributed by atoms with Crippen LogP contribution in [0.3, 0.4) is 0 Å². The number of hydrogen-bond donors (Lipinski definition) is 1. The number of nitrogens with two attached hydrogens (primary N) is 1. The van der Waals surface area contributed by atoms with E-state index in [1.807, 2.05) is 11.5 Å². The second-order valence-electron chi connectivity index (χ2n) is 3.47.